The van der Waals surface area contributed by atoms with Gasteiger partial charge in [-0.25, -0.2) is 8.78 Å². The van der Waals surface area contributed by atoms with E-state index in [0.717, 1.165) is 11.0 Å². The van der Waals surface area contributed by atoms with E-state index in [1.54, 1.807) is 24.3 Å². The number of nitriles is 1. The van der Waals surface area contributed by atoms with Gasteiger partial charge in [0.25, 0.3) is 5.91 Å². The Balaban J connectivity index is 2.44. The number of halogens is 2. The Morgan fingerprint density at radius 1 is 1.15 bits per heavy atom. The van der Waals surface area contributed by atoms with Crippen molar-refractivity contribution in [2.24, 2.45) is 0 Å². The van der Waals surface area contributed by atoms with E-state index < -0.39 is 17.5 Å². The number of hydrogen-bond acceptors (Lipinski definition) is 2. The Hall–Kier alpha value is -2.74. The minimum Gasteiger partial charge on any atom is -0.310 e. The van der Waals surface area contributed by atoms with Crippen LogP contribution in [0.2, 0.25) is 0 Å². The van der Waals surface area contributed by atoms with Gasteiger partial charge >= 0.3 is 0 Å². The van der Waals surface area contributed by atoms with Crippen molar-refractivity contribution in [3.8, 4) is 6.07 Å². The van der Waals surface area contributed by atoms with E-state index in [-0.39, 0.29) is 11.1 Å². The zero-order valence-corrected chi connectivity index (χ0v) is 10.6. The largest absolute Gasteiger partial charge is 0.310 e. The summed E-state index contributed by atoms with van der Waals surface area (Å²) >= 11 is 0. The van der Waals surface area contributed by atoms with Crippen LogP contribution in [0.4, 0.5) is 14.5 Å². The van der Waals surface area contributed by atoms with Gasteiger partial charge in [0, 0.05) is 7.05 Å². The molecule has 2 rings (SSSR count). The summed E-state index contributed by atoms with van der Waals surface area (Å²) in [5.74, 6) is -3.00. The number of carbonyl (C=O) groups is 1. The molecule has 3 nitrogen and oxygen atoms in total. The monoisotopic (exact) mass is 272 g/mol. The number of anilines is 1. The van der Waals surface area contributed by atoms with Gasteiger partial charge in [-0.05, 0) is 24.3 Å². The molecule has 100 valence electrons. The SMILES string of the molecule is CN(C(=O)c1cccc(F)c1F)c1ccccc1C#N. The fourth-order valence-electron chi connectivity index (χ4n) is 1.82. The van der Waals surface area contributed by atoms with Crippen molar-refractivity contribution in [1.29, 1.82) is 5.26 Å². The number of carbonyl (C=O) groups excluding carboxylic acids is 1. The average Bonchev–Trinajstić information content (AvgIpc) is 2.48. The molecule has 0 aliphatic carbocycles. The van der Waals surface area contributed by atoms with E-state index in [4.69, 9.17) is 5.26 Å². The predicted molar refractivity (Wildman–Crippen MR) is 70.2 cm³/mol. The fraction of sp³-hybridized carbons (Fsp3) is 0.0667. The highest BCUT2D eigenvalue weighted by atomic mass is 19.2. The molecule has 0 heterocycles. The van der Waals surface area contributed by atoms with Crippen molar-refractivity contribution in [3.63, 3.8) is 0 Å². The standard InChI is InChI=1S/C15H10F2N2O/c1-19(13-8-3-2-5-10(13)9-18)15(20)11-6-4-7-12(16)14(11)17/h2-8H,1H3. The molecule has 0 unspecified atom stereocenters. The summed E-state index contributed by atoms with van der Waals surface area (Å²) in [6.45, 7) is 0. The first kappa shape index (κ1) is 13.7. The van der Waals surface area contributed by atoms with Crippen molar-refractivity contribution >= 4 is 11.6 Å². The van der Waals surface area contributed by atoms with Crippen LogP contribution < -0.4 is 4.90 Å². The number of hydrogen-bond donors (Lipinski definition) is 0. The number of nitrogens with zero attached hydrogens (tertiary/aromatic N) is 2. The lowest BCUT2D eigenvalue weighted by Crippen LogP contribution is -2.28. The third-order valence-corrected chi connectivity index (χ3v) is 2.87. The van der Waals surface area contributed by atoms with Crippen LogP contribution in [-0.4, -0.2) is 13.0 Å². The van der Waals surface area contributed by atoms with Gasteiger partial charge in [-0.3, -0.25) is 4.79 Å². The Morgan fingerprint density at radius 3 is 2.55 bits per heavy atom. The summed E-state index contributed by atoms with van der Waals surface area (Å²) in [6.07, 6.45) is 0. The fourth-order valence-corrected chi connectivity index (χ4v) is 1.82. The number of para-hydroxylation sites is 1. The lowest BCUT2D eigenvalue weighted by atomic mass is 10.1. The molecule has 2 aromatic carbocycles. The van der Waals surface area contributed by atoms with Gasteiger partial charge in [0.1, 0.15) is 6.07 Å². The Bertz CT molecular complexity index is 707. The average molecular weight is 272 g/mol. The van der Waals surface area contributed by atoms with Crippen molar-refractivity contribution in [2.75, 3.05) is 11.9 Å². The molecule has 0 atom stereocenters. The van der Waals surface area contributed by atoms with E-state index in [1.165, 1.54) is 19.2 Å². The summed E-state index contributed by atoms with van der Waals surface area (Å²) in [6, 6.07) is 11.8. The van der Waals surface area contributed by atoms with Gasteiger partial charge in [0.15, 0.2) is 11.6 Å². The lowest BCUT2D eigenvalue weighted by Gasteiger charge is -2.18. The first-order chi connectivity index (χ1) is 9.56. The van der Waals surface area contributed by atoms with Crippen LogP contribution in [0, 0.1) is 23.0 Å². The zero-order chi connectivity index (χ0) is 14.7. The Labute approximate surface area is 114 Å². The van der Waals surface area contributed by atoms with Crippen molar-refractivity contribution < 1.29 is 13.6 Å². The lowest BCUT2D eigenvalue weighted by molar-refractivity contribution is 0.0988. The van der Waals surface area contributed by atoms with Crippen LogP contribution in [0.5, 0.6) is 0 Å². The molecule has 0 aliphatic heterocycles. The maximum atomic E-state index is 13.6. The zero-order valence-electron chi connectivity index (χ0n) is 10.6. The van der Waals surface area contributed by atoms with E-state index >= 15 is 0 Å². The van der Waals surface area contributed by atoms with Gasteiger partial charge < -0.3 is 4.90 Å². The van der Waals surface area contributed by atoms with E-state index in [1.807, 2.05) is 6.07 Å². The quantitative estimate of drug-likeness (QED) is 0.843. The molecule has 0 radical (unpaired) electrons. The summed E-state index contributed by atoms with van der Waals surface area (Å²) in [4.78, 5) is 13.3. The number of benzene rings is 2. The second-order valence-electron chi connectivity index (χ2n) is 4.09. The predicted octanol–water partition coefficient (Wildman–Crippen LogP) is 3.11. The van der Waals surface area contributed by atoms with E-state index in [9.17, 15) is 13.6 Å². The van der Waals surface area contributed by atoms with Crippen LogP contribution in [-0.2, 0) is 0 Å². The van der Waals surface area contributed by atoms with Crippen LogP contribution >= 0.6 is 0 Å². The topological polar surface area (TPSA) is 44.1 Å². The Kier molecular flexibility index (Phi) is 3.76. The number of rotatable bonds is 2. The van der Waals surface area contributed by atoms with Crippen LogP contribution in [0.15, 0.2) is 42.5 Å². The molecule has 0 N–H and O–H groups in total. The molecule has 1 amide bonds. The third-order valence-electron chi connectivity index (χ3n) is 2.87. The highest BCUT2D eigenvalue weighted by molar-refractivity contribution is 6.06. The second kappa shape index (κ2) is 5.49. The van der Waals surface area contributed by atoms with Gasteiger partial charge in [-0.1, -0.05) is 18.2 Å². The maximum Gasteiger partial charge on any atom is 0.261 e. The molecule has 0 aliphatic rings. The molecule has 0 saturated carbocycles. The van der Waals surface area contributed by atoms with E-state index in [0.29, 0.717) is 5.69 Å². The molecule has 0 bridgehead atoms. The molecule has 0 aromatic heterocycles. The molecular formula is C15H10F2N2O. The third kappa shape index (κ3) is 2.36. The Morgan fingerprint density at radius 2 is 1.85 bits per heavy atom. The smallest absolute Gasteiger partial charge is 0.261 e. The number of amides is 1. The minimum atomic E-state index is -1.20. The first-order valence-electron chi connectivity index (χ1n) is 5.77. The molecule has 0 saturated heterocycles. The first-order valence-corrected chi connectivity index (χ1v) is 5.77. The normalized spacial score (nSPS) is 9.90. The molecular weight excluding hydrogens is 262 g/mol. The van der Waals surface area contributed by atoms with Crippen LogP contribution in [0.1, 0.15) is 15.9 Å². The molecule has 0 fully saturated rings. The van der Waals surface area contributed by atoms with Crippen LogP contribution in [0.3, 0.4) is 0 Å². The molecule has 0 spiro atoms. The summed E-state index contributed by atoms with van der Waals surface area (Å²) in [5.41, 5.74) is 0.240. The van der Waals surface area contributed by atoms with Crippen molar-refractivity contribution in [1.82, 2.24) is 0 Å². The molecule has 5 heteroatoms. The molecule has 2 aromatic rings. The van der Waals surface area contributed by atoms with Gasteiger partial charge in [-0.2, -0.15) is 5.26 Å². The summed E-state index contributed by atoms with van der Waals surface area (Å²) in [7, 11) is 1.41. The maximum absolute atomic E-state index is 13.6. The van der Waals surface area contributed by atoms with Crippen molar-refractivity contribution in [3.05, 3.63) is 65.2 Å². The summed E-state index contributed by atoms with van der Waals surface area (Å²) in [5, 5.41) is 9.00. The minimum absolute atomic E-state index is 0.278. The van der Waals surface area contributed by atoms with Gasteiger partial charge in [0.05, 0.1) is 16.8 Å². The highest BCUT2D eigenvalue weighted by Gasteiger charge is 2.21. The van der Waals surface area contributed by atoms with Gasteiger partial charge in [-0.15, -0.1) is 0 Å². The van der Waals surface area contributed by atoms with Gasteiger partial charge in [0.2, 0.25) is 0 Å². The van der Waals surface area contributed by atoms with E-state index in [2.05, 4.69) is 0 Å². The summed E-state index contributed by atoms with van der Waals surface area (Å²) < 4.78 is 26.8. The van der Waals surface area contributed by atoms with Crippen LogP contribution in [0.25, 0.3) is 0 Å². The van der Waals surface area contributed by atoms with Crippen molar-refractivity contribution in [2.45, 2.75) is 0 Å². The molecule has 20 heavy (non-hydrogen) atoms. The highest BCUT2D eigenvalue weighted by Crippen LogP contribution is 2.21. The second-order valence-corrected chi connectivity index (χ2v) is 4.09.